The van der Waals surface area contributed by atoms with Gasteiger partial charge in [0.25, 0.3) is 0 Å². The van der Waals surface area contributed by atoms with Gasteiger partial charge >= 0.3 is 5.97 Å². The van der Waals surface area contributed by atoms with Gasteiger partial charge < -0.3 is 23.4 Å². The normalized spacial score (nSPS) is 11.7. The SMILES string of the molecule is C=CC[Si]OCCOCC(OC)(OC)OC. The molecule has 0 aromatic heterocycles. The van der Waals surface area contributed by atoms with Crippen molar-refractivity contribution in [3.8, 4) is 0 Å². The van der Waals surface area contributed by atoms with Crippen molar-refractivity contribution in [3.63, 3.8) is 0 Å². The second-order valence-corrected chi connectivity index (χ2v) is 3.82. The molecular weight excluding hydrogens is 228 g/mol. The Balaban J connectivity index is 3.51. The van der Waals surface area contributed by atoms with Crippen molar-refractivity contribution in [2.24, 2.45) is 0 Å². The van der Waals surface area contributed by atoms with Crippen LogP contribution in [0.5, 0.6) is 0 Å². The maximum Gasteiger partial charge on any atom is 0.307 e. The Kier molecular flexibility index (Phi) is 9.79. The summed E-state index contributed by atoms with van der Waals surface area (Å²) in [5.74, 6) is -1.12. The predicted molar refractivity (Wildman–Crippen MR) is 61.3 cm³/mol. The van der Waals surface area contributed by atoms with Crippen molar-refractivity contribution >= 4 is 9.76 Å². The number of allylic oxidation sites excluding steroid dienone is 1. The summed E-state index contributed by atoms with van der Waals surface area (Å²) in [5, 5.41) is 0. The number of methoxy groups -OCH3 is 3. The molecule has 0 aromatic carbocycles. The third kappa shape index (κ3) is 6.36. The first-order chi connectivity index (χ1) is 7.74. The summed E-state index contributed by atoms with van der Waals surface area (Å²) in [7, 11) is 4.93. The highest BCUT2D eigenvalue weighted by molar-refractivity contribution is 6.27. The lowest BCUT2D eigenvalue weighted by Crippen LogP contribution is -2.41. The number of rotatable bonds is 11. The largest absolute Gasteiger partial charge is 0.415 e. The Morgan fingerprint density at radius 3 is 2.25 bits per heavy atom. The van der Waals surface area contributed by atoms with Gasteiger partial charge in [-0.2, -0.15) is 0 Å². The van der Waals surface area contributed by atoms with Crippen molar-refractivity contribution in [2.45, 2.75) is 12.0 Å². The second kappa shape index (κ2) is 9.95. The fourth-order valence-corrected chi connectivity index (χ4v) is 1.38. The lowest BCUT2D eigenvalue weighted by molar-refractivity contribution is -0.368. The van der Waals surface area contributed by atoms with E-state index in [0.29, 0.717) is 23.0 Å². The van der Waals surface area contributed by atoms with Crippen molar-refractivity contribution in [3.05, 3.63) is 12.7 Å². The molecule has 5 nitrogen and oxygen atoms in total. The van der Waals surface area contributed by atoms with Gasteiger partial charge in [-0.25, -0.2) is 0 Å². The lowest BCUT2D eigenvalue weighted by Gasteiger charge is -2.28. The fraction of sp³-hybridized carbons (Fsp3) is 0.800. The zero-order valence-corrected chi connectivity index (χ0v) is 11.2. The highest BCUT2D eigenvalue weighted by Crippen LogP contribution is 2.11. The molecule has 0 atom stereocenters. The molecule has 0 aromatic rings. The molecule has 0 aliphatic rings. The van der Waals surface area contributed by atoms with E-state index in [0.717, 1.165) is 6.04 Å². The van der Waals surface area contributed by atoms with Gasteiger partial charge in [-0.15, -0.1) is 6.58 Å². The molecule has 0 N–H and O–H groups in total. The van der Waals surface area contributed by atoms with Crippen LogP contribution >= 0.6 is 0 Å². The molecule has 6 heteroatoms. The zero-order valence-electron chi connectivity index (χ0n) is 10.2. The summed E-state index contributed by atoms with van der Waals surface area (Å²) in [6.45, 7) is 4.82. The van der Waals surface area contributed by atoms with Gasteiger partial charge in [0.05, 0.1) is 13.2 Å². The fourth-order valence-electron chi connectivity index (χ4n) is 0.915. The summed E-state index contributed by atoms with van der Waals surface area (Å²) in [6.07, 6.45) is 1.82. The van der Waals surface area contributed by atoms with Crippen LogP contribution in [0.3, 0.4) is 0 Å². The van der Waals surface area contributed by atoms with E-state index in [-0.39, 0.29) is 6.61 Å². The van der Waals surface area contributed by atoms with Crippen molar-refractivity contribution in [1.82, 2.24) is 0 Å². The first-order valence-corrected chi connectivity index (χ1v) is 6.05. The molecule has 0 heterocycles. The standard InChI is InChI=1S/C10H20O5Si/c1-5-8-16-15-7-6-14-9-10(11-2,12-3)13-4/h5H,1,6-9H2,2-4H3. The van der Waals surface area contributed by atoms with Gasteiger partial charge in [-0.05, 0) is 6.04 Å². The smallest absolute Gasteiger partial charge is 0.307 e. The van der Waals surface area contributed by atoms with Crippen LogP contribution in [0, 0.1) is 0 Å². The van der Waals surface area contributed by atoms with Crippen LogP contribution in [-0.4, -0.2) is 56.9 Å². The minimum Gasteiger partial charge on any atom is -0.415 e. The Hall–Kier alpha value is -0.243. The van der Waals surface area contributed by atoms with E-state index in [1.807, 2.05) is 6.08 Å². The molecule has 2 radical (unpaired) electrons. The Morgan fingerprint density at radius 2 is 1.75 bits per heavy atom. The van der Waals surface area contributed by atoms with E-state index in [4.69, 9.17) is 23.4 Å². The molecule has 0 amide bonds. The van der Waals surface area contributed by atoms with E-state index >= 15 is 0 Å². The molecule has 0 bridgehead atoms. The molecule has 94 valence electrons. The van der Waals surface area contributed by atoms with E-state index in [1.165, 1.54) is 21.3 Å². The third-order valence-corrected chi connectivity index (χ3v) is 2.73. The van der Waals surface area contributed by atoms with Gasteiger partial charge in [-0.1, -0.05) is 6.08 Å². The molecule has 0 rings (SSSR count). The van der Waals surface area contributed by atoms with Crippen molar-refractivity contribution < 1.29 is 23.4 Å². The number of hydrogen-bond acceptors (Lipinski definition) is 5. The van der Waals surface area contributed by atoms with Crippen LogP contribution in [0.1, 0.15) is 0 Å². The van der Waals surface area contributed by atoms with Crippen LogP contribution in [0.2, 0.25) is 6.04 Å². The topological polar surface area (TPSA) is 46.2 Å². The molecule has 16 heavy (non-hydrogen) atoms. The van der Waals surface area contributed by atoms with Gasteiger partial charge in [0.2, 0.25) is 9.76 Å². The molecular formula is C10H20O5Si. The highest BCUT2D eigenvalue weighted by Gasteiger charge is 2.29. The Bertz CT molecular complexity index is 164. The monoisotopic (exact) mass is 248 g/mol. The maximum atomic E-state index is 5.33. The molecule has 0 unspecified atom stereocenters. The summed E-state index contributed by atoms with van der Waals surface area (Å²) < 4.78 is 25.8. The quantitative estimate of drug-likeness (QED) is 0.235. The molecule has 0 aliphatic carbocycles. The molecule has 0 spiro atoms. The first-order valence-electron chi connectivity index (χ1n) is 4.93. The minimum absolute atomic E-state index is 0.199. The summed E-state index contributed by atoms with van der Waals surface area (Å²) >= 11 is 0. The average Bonchev–Trinajstić information content (AvgIpc) is 2.34. The van der Waals surface area contributed by atoms with Crippen LogP contribution in [0.25, 0.3) is 0 Å². The van der Waals surface area contributed by atoms with E-state index in [9.17, 15) is 0 Å². The van der Waals surface area contributed by atoms with E-state index in [1.54, 1.807) is 0 Å². The van der Waals surface area contributed by atoms with Crippen molar-refractivity contribution in [2.75, 3.05) is 41.2 Å². The maximum absolute atomic E-state index is 5.33. The number of hydrogen-bond donors (Lipinski definition) is 0. The van der Waals surface area contributed by atoms with Crippen LogP contribution < -0.4 is 0 Å². The summed E-state index contributed by atoms with van der Waals surface area (Å²) in [4.78, 5) is 0. The zero-order chi connectivity index (χ0) is 12.3. The van der Waals surface area contributed by atoms with Gasteiger partial charge in [0.1, 0.15) is 6.61 Å². The molecule has 0 fully saturated rings. The van der Waals surface area contributed by atoms with E-state index in [2.05, 4.69) is 6.58 Å². The Labute approximate surface area is 99.6 Å². The van der Waals surface area contributed by atoms with Gasteiger partial charge in [0, 0.05) is 21.3 Å². The average molecular weight is 248 g/mol. The highest BCUT2D eigenvalue weighted by atomic mass is 28.2. The van der Waals surface area contributed by atoms with Gasteiger partial charge in [0.15, 0.2) is 0 Å². The summed E-state index contributed by atoms with van der Waals surface area (Å²) in [5.41, 5.74) is 0. The van der Waals surface area contributed by atoms with Crippen molar-refractivity contribution in [1.29, 1.82) is 0 Å². The lowest BCUT2D eigenvalue weighted by atomic mass is 10.6. The van der Waals surface area contributed by atoms with Crippen LogP contribution in [0.15, 0.2) is 12.7 Å². The molecule has 0 aliphatic heterocycles. The van der Waals surface area contributed by atoms with Gasteiger partial charge in [-0.3, -0.25) is 0 Å². The molecule has 0 saturated heterocycles. The predicted octanol–water partition coefficient (Wildman–Crippen LogP) is 0.836. The molecule has 0 saturated carbocycles. The second-order valence-electron chi connectivity index (χ2n) is 2.83. The first kappa shape index (κ1) is 15.8. The van der Waals surface area contributed by atoms with E-state index < -0.39 is 5.97 Å². The third-order valence-electron chi connectivity index (χ3n) is 1.87. The Morgan fingerprint density at radius 1 is 1.12 bits per heavy atom. The van der Waals surface area contributed by atoms with Crippen LogP contribution in [-0.2, 0) is 23.4 Å². The number of ether oxygens (including phenoxy) is 4. The summed E-state index contributed by atoms with van der Waals surface area (Å²) in [6, 6.07) is 0.873. The van der Waals surface area contributed by atoms with Crippen LogP contribution in [0.4, 0.5) is 0 Å². The minimum atomic E-state index is -1.12.